The van der Waals surface area contributed by atoms with Crippen LogP contribution >= 0.6 is 0 Å². The quantitative estimate of drug-likeness (QED) is 0.780. The predicted octanol–water partition coefficient (Wildman–Crippen LogP) is 3.09. The maximum Gasteiger partial charge on any atom is 0.315 e. The monoisotopic (exact) mass is 310 g/mol. The molecule has 1 fully saturated rings. The van der Waals surface area contributed by atoms with Crippen LogP contribution in [0.25, 0.3) is 5.69 Å². The topological polar surface area (TPSA) is 81.7 Å². The molecule has 1 aliphatic carbocycles. The molecule has 7 heteroatoms. The molecule has 23 heavy (non-hydrogen) atoms. The van der Waals surface area contributed by atoms with E-state index in [0.29, 0.717) is 11.9 Å². The van der Waals surface area contributed by atoms with Crippen molar-refractivity contribution in [3.05, 3.63) is 48.4 Å². The summed E-state index contributed by atoms with van der Waals surface area (Å²) in [7, 11) is 0. The fraction of sp³-hybridized carbons (Fsp3) is 0.375. The van der Waals surface area contributed by atoms with E-state index < -0.39 is 0 Å². The molecule has 0 saturated heterocycles. The summed E-state index contributed by atoms with van der Waals surface area (Å²) >= 11 is 0. The minimum atomic E-state index is 0.0782. The summed E-state index contributed by atoms with van der Waals surface area (Å²) in [6.45, 7) is 2.07. The number of nitrogens with one attached hydrogen (secondary N) is 1. The maximum absolute atomic E-state index is 5.71. The van der Waals surface area contributed by atoms with Crippen molar-refractivity contribution >= 4 is 6.01 Å². The molecule has 2 aromatic heterocycles. The minimum absolute atomic E-state index is 0.0782. The molecule has 1 N–H and O–H groups in total. The number of nitrogens with zero attached hydrogens (tertiary/aromatic N) is 5. The zero-order chi connectivity index (χ0) is 15.6. The lowest BCUT2D eigenvalue weighted by Crippen LogP contribution is -2.09. The van der Waals surface area contributed by atoms with Crippen LogP contribution in [0.1, 0.15) is 49.6 Å². The third kappa shape index (κ3) is 2.81. The van der Waals surface area contributed by atoms with Gasteiger partial charge in [0.05, 0.1) is 11.7 Å². The SMILES string of the molecule is C[C@H](Nc1nnc(C2CCC2)o1)c1ccc(-n2cncn2)cc1. The Kier molecular flexibility index (Phi) is 3.53. The molecule has 0 spiro atoms. The van der Waals surface area contributed by atoms with Gasteiger partial charge in [0.15, 0.2) is 0 Å². The first-order valence-corrected chi connectivity index (χ1v) is 7.84. The number of rotatable bonds is 5. The Balaban J connectivity index is 1.44. The smallest absolute Gasteiger partial charge is 0.315 e. The molecule has 2 heterocycles. The lowest BCUT2D eigenvalue weighted by Gasteiger charge is -2.20. The van der Waals surface area contributed by atoms with Crippen LogP contribution < -0.4 is 5.32 Å². The van der Waals surface area contributed by atoms with E-state index in [1.807, 2.05) is 12.1 Å². The summed E-state index contributed by atoms with van der Waals surface area (Å²) in [5, 5.41) is 15.6. The van der Waals surface area contributed by atoms with E-state index >= 15 is 0 Å². The number of hydrogen-bond donors (Lipinski definition) is 1. The lowest BCUT2D eigenvalue weighted by molar-refractivity contribution is 0.338. The maximum atomic E-state index is 5.71. The Bertz CT molecular complexity index is 760. The Morgan fingerprint density at radius 2 is 2.04 bits per heavy atom. The average molecular weight is 310 g/mol. The summed E-state index contributed by atoms with van der Waals surface area (Å²) < 4.78 is 7.43. The first-order valence-electron chi connectivity index (χ1n) is 7.84. The van der Waals surface area contributed by atoms with Crippen molar-refractivity contribution in [1.29, 1.82) is 0 Å². The largest absolute Gasteiger partial charge is 0.408 e. The molecular weight excluding hydrogens is 292 g/mol. The number of hydrogen-bond acceptors (Lipinski definition) is 6. The number of anilines is 1. The van der Waals surface area contributed by atoms with Gasteiger partial charge in [-0.1, -0.05) is 23.7 Å². The summed E-state index contributed by atoms with van der Waals surface area (Å²) in [5.41, 5.74) is 2.11. The Morgan fingerprint density at radius 1 is 1.22 bits per heavy atom. The molecule has 0 aliphatic heterocycles. The second-order valence-corrected chi connectivity index (χ2v) is 5.87. The Labute approximate surface area is 133 Å². The first kappa shape index (κ1) is 13.9. The fourth-order valence-corrected chi connectivity index (χ4v) is 2.64. The Hall–Kier alpha value is -2.70. The number of benzene rings is 1. The highest BCUT2D eigenvalue weighted by Crippen LogP contribution is 2.36. The third-order valence-corrected chi connectivity index (χ3v) is 4.31. The summed E-state index contributed by atoms with van der Waals surface area (Å²) in [6, 6.07) is 8.69. The van der Waals surface area contributed by atoms with Gasteiger partial charge in [0.1, 0.15) is 12.7 Å². The van der Waals surface area contributed by atoms with Gasteiger partial charge in [-0.2, -0.15) is 5.10 Å². The van der Waals surface area contributed by atoms with E-state index in [2.05, 4.69) is 44.7 Å². The molecule has 1 saturated carbocycles. The van der Waals surface area contributed by atoms with Crippen LogP contribution in [0.5, 0.6) is 0 Å². The van der Waals surface area contributed by atoms with Crippen molar-refractivity contribution in [1.82, 2.24) is 25.0 Å². The number of aromatic nitrogens is 5. The lowest BCUT2D eigenvalue weighted by atomic mass is 9.85. The van der Waals surface area contributed by atoms with Crippen LogP contribution in [0.3, 0.4) is 0 Å². The standard InChI is InChI=1S/C16H18N6O/c1-11(19-16-21-20-15(23-16)13-3-2-4-13)12-5-7-14(8-6-12)22-10-17-9-18-22/h5-11,13H,2-4H2,1H3,(H,19,21)/t11-/m0/s1. The fourth-order valence-electron chi connectivity index (χ4n) is 2.64. The molecule has 4 rings (SSSR count). The second kappa shape index (κ2) is 5.83. The van der Waals surface area contributed by atoms with Gasteiger partial charge in [0.2, 0.25) is 5.89 Å². The van der Waals surface area contributed by atoms with Gasteiger partial charge in [-0.05, 0) is 37.5 Å². The van der Waals surface area contributed by atoms with Crippen molar-refractivity contribution in [3.63, 3.8) is 0 Å². The molecule has 7 nitrogen and oxygen atoms in total. The van der Waals surface area contributed by atoms with E-state index in [0.717, 1.165) is 30.0 Å². The zero-order valence-corrected chi connectivity index (χ0v) is 12.9. The predicted molar refractivity (Wildman–Crippen MR) is 84.3 cm³/mol. The van der Waals surface area contributed by atoms with Crippen molar-refractivity contribution < 1.29 is 4.42 Å². The molecule has 0 amide bonds. The second-order valence-electron chi connectivity index (χ2n) is 5.87. The van der Waals surface area contributed by atoms with Gasteiger partial charge < -0.3 is 9.73 Å². The van der Waals surface area contributed by atoms with Gasteiger partial charge in [0, 0.05) is 5.92 Å². The van der Waals surface area contributed by atoms with Gasteiger partial charge >= 0.3 is 6.01 Å². The first-order chi connectivity index (χ1) is 11.3. The summed E-state index contributed by atoms with van der Waals surface area (Å²) in [4.78, 5) is 3.95. The van der Waals surface area contributed by atoms with Crippen LogP contribution in [0.4, 0.5) is 6.01 Å². The van der Waals surface area contributed by atoms with E-state index in [9.17, 15) is 0 Å². The highest BCUT2D eigenvalue weighted by molar-refractivity contribution is 5.36. The highest BCUT2D eigenvalue weighted by atomic mass is 16.4. The Morgan fingerprint density at radius 3 is 2.70 bits per heavy atom. The molecule has 118 valence electrons. The van der Waals surface area contributed by atoms with Gasteiger partial charge in [0.25, 0.3) is 0 Å². The molecule has 3 aromatic rings. The van der Waals surface area contributed by atoms with Crippen LogP contribution in [0.15, 0.2) is 41.3 Å². The van der Waals surface area contributed by atoms with Gasteiger partial charge in [-0.15, -0.1) is 5.10 Å². The third-order valence-electron chi connectivity index (χ3n) is 4.31. The highest BCUT2D eigenvalue weighted by Gasteiger charge is 2.25. The molecule has 0 bridgehead atoms. The van der Waals surface area contributed by atoms with Crippen LogP contribution in [-0.4, -0.2) is 25.0 Å². The molecule has 0 unspecified atom stereocenters. The van der Waals surface area contributed by atoms with Crippen LogP contribution in [-0.2, 0) is 0 Å². The molecule has 1 aromatic carbocycles. The van der Waals surface area contributed by atoms with E-state index in [4.69, 9.17) is 4.42 Å². The zero-order valence-electron chi connectivity index (χ0n) is 12.9. The van der Waals surface area contributed by atoms with Crippen molar-refractivity contribution in [2.75, 3.05) is 5.32 Å². The van der Waals surface area contributed by atoms with Gasteiger partial charge in [-0.3, -0.25) is 0 Å². The van der Waals surface area contributed by atoms with E-state index in [1.165, 1.54) is 12.7 Å². The van der Waals surface area contributed by atoms with E-state index in [-0.39, 0.29) is 6.04 Å². The van der Waals surface area contributed by atoms with Crippen LogP contribution in [0.2, 0.25) is 0 Å². The van der Waals surface area contributed by atoms with Crippen molar-refractivity contribution in [3.8, 4) is 5.69 Å². The molecule has 0 radical (unpaired) electrons. The normalized spacial score (nSPS) is 16.0. The molecule has 1 atom stereocenters. The van der Waals surface area contributed by atoms with Crippen LogP contribution in [0, 0.1) is 0 Å². The van der Waals surface area contributed by atoms with Crippen molar-refractivity contribution in [2.45, 2.75) is 38.1 Å². The molecule has 1 aliphatic rings. The minimum Gasteiger partial charge on any atom is -0.408 e. The van der Waals surface area contributed by atoms with E-state index in [1.54, 1.807) is 11.0 Å². The van der Waals surface area contributed by atoms with Crippen molar-refractivity contribution in [2.24, 2.45) is 0 Å². The summed E-state index contributed by atoms with van der Waals surface area (Å²) in [5.74, 6) is 1.21. The molecular formula is C16H18N6O. The average Bonchev–Trinajstić information content (AvgIpc) is 3.18. The van der Waals surface area contributed by atoms with Gasteiger partial charge in [-0.25, -0.2) is 9.67 Å². The summed E-state index contributed by atoms with van der Waals surface area (Å²) in [6.07, 6.45) is 6.76.